The summed E-state index contributed by atoms with van der Waals surface area (Å²) in [5.41, 5.74) is 2.66. The van der Waals surface area contributed by atoms with E-state index in [4.69, 9.17) is 16.3 Å². The molecular formula is C31H33ClN4O2. The van der Waals surface area contributed by atoms with Crippen LogP contribution in [-0.2, 0) is 12.0 Å². The van der Waals surface area contributed by atoms with Crippen LogP contribution in [0, 0.1) is 6.92 Å². The quantitative estimate of drug-likeness (QED) is 0.325. The zero-order chi connectivity index (χ0) is 26.4. The molecule has 4 aromatic rings. The number of ether oxygens (including phenoxy) is 1. The molecule has 1 aromatic heterocycles. The van der Waals surface area contributed by atoms with E-state index in [1.165, 1.54) is 0 Å². The Morgan fingerprint density at radius 1 is 0.868 bits per heavy atom. The molecule has 1 aliphatic heterocycles. The number of hydrogen-bond donors (Lipinski definition) is 1. The number of nitrogens with zero attached hydrogens (tertiary/aromatic N) is 4. The van der Waals surface area contributed by atoms with Crippen molar-refractivity contribution in [3.8, 4) is 5.75 Å². The van der Waals surface area contributed by atoms with Crippen LogP contribution in [0.2, 0.25) is 5.02 Å². The molecule has 0 aliphatic carbocycles. The van der Waals surface area contributed by atoms with Gasteiger partial charge in [0.25, 0.3) is 0 Å². The molecular weight excluding hydrogens is 496 g/mol. The standard InChI is InChI=1S/C31H33ClN4O2/c1-24-2-6-26(7-3-24)31(37,22-25-4-10-28(32)11-5-25)27-8-12-29(13-9-27)38-21-20-35-16-18-36(19-17-35)30-23-33-14-15-34-30/h2-15,23,37H,16-22H2,1H3. The highest BCUT2D eigenvalue weighted by Gasteiger charge is 2.32. The topological polar surface area (TPSA) is 61.7 Å². The van der Waals surface area contributed by atoms with E-state index >= 15 is 0 Å². The first kappa shape index (κ1) is 26.2. The second-order valence-electron chi connectivity index (χ2n) is 9.79. The van der Waals surface area contributed by atoms with Gasteiger partial charge in [0.05, 0.1) is 6.20 Å². The molecule has 3 aromatic carbocycles. The summed E-state index contributed by atoms with van der Waals surface area (Å²) in [4.78, 5) is 13.2. The van der Waals surface area contributed by atoms with Gasteiger partial charge in [-0.3, -0.25) is 9.88 Å². The predicted molar refractivity (Wildman–Crippen MR) is 152 cm³/mol. The number of aromatic nitrogens is 2. The zero-order valence-electron chi connectivity index (χ0n) is 21.6. The lowest BCUT2D eigenvalue weighted by Gasteiger charge is -2.35. The summed E-state index contributed by atoms with van der Waals surface area (Å²) in [5, 5.41) is 12.7. The minimum absolute atomic E-state index is 0.438. The summed E-state index contributed by atoms with van der Waals surface area (Å²) in [6.07, 6.45) is 5.69. The van der Waals surface area contributed by atoms with Crippen molar-refractivity contribution in [3.63, 3.8) is 0 Å². The third-order valence-corrected chi connectivity index (χ3v) is 7.41. The summed E-state index contributed by atoms with van der Waals surface area (Å²) in [7, 11) is 0. The molecule has 1 N–H and O–H groups in total. The lowest BCUT2D eigenvalue weighted by Crippen LogP contribution is -2.47. The van der Waals surface area contributed by atoms with Gasteiger partial charge in [-0.25, -0.2) is 4.98 Å². The third-order valence-electron chi connectivity index (χ3n) is 7.16. The maximum absolute atomic E-state index is 12.0. The van der Waals surface area contributed by atoms with Gasteiger partial charge in [-0.2, -0.15) is 0 Å². The smallest absolute Gasteiger partial charge is 0.147 e. The predicted octanol–water partition coefficient (Wildman–Crippen LogP) is 5.12. The SMILES string of the molecule is Cc1ccc(C(O)(Cc2ccc(Cl)cc2)c2ccc(OCCN3CCN(c4cnccn4)CC3)cc2)cc1. The van der Waals surface area contributed by atoms with Gasteiger partial charge in [0.2, 0.25) is 0 Å². The number of hydrogen-bond acceptors (Lipinski definition) is 6. The number of halogens is 1. The number of rotatable bonds is 9. The first-order chi connectivity index (χ1) is 18.5. The van der Waals surface area contributed by atoms with E-state index in [2.05, 4.69) is 19.8 Å². The lowest BCUT2D eigenvalue weighted by atomic mass is 9.81. The fourth-order valence-corrected chi connectivity index (χ4v) is 5.00. The molecule has 7 heteroatoms. The molecule has 0 amide bonds. The minimum Gasteiger partial charge on any atom is -0.492 e. The fourth-order valence-electron chi connectivity index (χ4n) is 4.87. The van der Waals surface area contributed by atoms with E-state index in [0.29, 0.717) is 18.1 Å². The van der Waals surface area contributed by atoms with Crippen LogP contribution in [0.15, 0.2) is 91.4 Å². The van der Waals surface area contributed by atoms with Crippen molar-refractivity contribution >= 4 is 17.4 Å². The lowest BCUT2D eigenvalue weighted by molar-refractivity contribution is 0.0810. The van der Waals surface area contributed by atoms with Crippen molar-refractivity contribution in [2.45, 2.75) is 18.9 Å². The van der Waals surface area contributed by atoms with E-state index in [-0.39, 0.29) is 0 Å². The van der Waals surface area contributed by atoms with Crippen LogP contribution in [0.5, 0.6) is 5.75 Å². The number of benzene rings is 3. The van der Waals surface area contributed by atoms with Gasteiger partial charge in [0.15, 0.2) is 0 Å². The zero-order valence-corrected chi connectivity index (χ0v) is 22.4. The van der Waals surface area contributed by atoms with Gasteiger partial charge in [0, 0.05) is 56.6 Å². The summed E-state index contributed by atoms with van der Waals surface area (Å²) in [6.45, 7) is 7.31. The molecule has 1 atom stereocenters. The first-order valence-corrected chi connectivity index (χ1v) is 13.4. The van der Waals surface area contributed by atoms with E-state index < -0.39 is 5.60 Å². The maximum Gasteiger partial charge on any atom is 0.147 e. The highest BCUT2D eigenvalue weighted by atomic mass is 35.5. The summed E-state index contributed by atoms with van der Waals surface area (Å²) in [6, 6.07) is 23.5. The van der Waals surface area contributed by atoms with Crippen molar-refractivity contribution in [2.75, 3.05) is 44.2 Å². The summed E-state index contributed by atoms with van der Waals surface area (Å²) in [5.74, 6) is 1.73. The van der Waals surface area contributed by atoms with Crippen LogP contribution in [0.4, 0.5) is 5.82 Å². The molecule has 1 aliphatic rings. The molecule has 38 heavy (non-hydrogen) atoms. The molecule has 0 saturated carbocycles. The average molecular weight is 529 g/mol. The minimum atomic E-state index is -1.18. The van der Waals surface area contributed by atoms with Crippen LogP contribution in [0.3, 0.4) is 0 Å². The molecule has 1 fully saturated rings. The number of piperazine rings is 1. The Kier molecular flexibility index (Phi) is 8.23. The summed E-state index contributed by atoms with van der Waals surface area (Å²) < 4.78 is 6.07. The van der Waals surface area contributed by atoms with Crippen LogP contribution in [0.25, 0.3) is 0 Å². The second-order valence-corrected chi connectivity index (χ2v) is 10.2. The van der Waals surface area contributed by atoms with Gasteiger partial charge < -0.3 is 14.7 Å². The number of aliphatic hydroxyl groups is 1. The van der Waals surface area contributed by atoms with Gasteiger partial charge in [0.1, 0.15) is 23.8 Å². The number of anilines is 1. The van der Waals surface area contributed by atoms with E-state index in [1.54, 1.807) is 12.4 Å². The molecule has 0 radical (unpaired) electrons. The van der Waals surface area contributed by atoms with Crippen molar-refractivity contribution < 1.29 is 9.84 Å². The highest BCUT2D eigenvalue weighted by molar-refractivity contribution is 6.30. The van der Waals surface area contributed by atoms with Gasteiger partial charge >= 0.3 is 0 Å². The fraction of sp³-hybridized carbons (Fsp3) is 0.290. The molecule has 196 valence electrons. The molecule has 1 unspecified atom stereocenters. The largest absolute Gasteiger partial charge is 0.492 e. The Labute approximate surface area is 229 Å². The average Bonchev–Trinajstić information content (AvgIpc) is 2.96. The maximum atomic E-state index is 12.0. The molecule has 0 bridgehead atoms. The van der Waals surface area contributed by atoms with Crippen molar-refractivity contribution in [1.82, 2.24) is 14.9 Å². The molecule has 0 spiro atoms. The Hall–Kier alpha value is -3.45. The van der Waals surface area contributed by atoms with Crippen molar-refractivity contribution in [1.29, 1.82) is 0 Å². The van der Waals surface area contributed by atoms with Crippen molar-refractivity contribution in [2.24, 2.45) is 0 Å². The third kappa shape index (κ3) is 6.33. The number of aryl methyl sites for hydroxylation is 1. The van der Waals surface area contributed by atoms with Gasteiger partial charge in [-0.1, -0.05) is 65.7 Å². The van der Waals surface area contributed by atoms with E-state index in [1.807, 2.05) is 85.9 Å². The monoisotopic (exact) mass is 528 g/mol. The molecule has 6 nitrogen and oxygen atoms in total. The molecule has 5 rings (SSSR count). The van der Waals surface area contributed by atoms with Gasteiger partial charge in [-0.05, 0) is 47.9 Å². The highest BCUT2D eigenvalue weighted by Crippen LogP contribution is 2.35. The Balaban J connectivity index is 1.20. The van der Waals surface area contributed by atoms with Gasteiger partial charge in [-0.15, -0.1) is 0 Å². The van der Waals surface area contributed by atoms with E-state index in [9.17, 15) is 5.11 Å². The Morgan fingerprint density at radius 2 is 1.53 bits per heavy atom. The first-order valence-electron chi connectivity index (χ1n) is 13.0. The Bertz CT molecular complexity index is 1290. The second kappa shape index (κ2) is 11.9. The normalized spacial score (nSPS) is 15.7. The van der Waals surface area contributed by atoms with Crippen molar-refractivity contribution in [3.05, 3.63) is 119 Å². The van der Waals surface area contributed by atoms with Crippen LogP contribution in [0.1, 0.15) is 22.3 Å². The van der Waals surface area contributed by atoms with Crippen LogP contribution < -0.4 is 9.64 Å². The Morgan fingerprint density at radius 3 is 2.16 bits per heavy atom. The molecule has 1 saturated heterocycles. The van der Waals surface area contributed by atoms with Crippen LogP contribution >= 0.6 is 11.6 Å². The van der Waals surface area contributed by atoms with E-state index in [0.717, 1.165) is 66.5 Å². The molecule has 2 heterocycles. The summed E-state index contributed by atoms with van der Waals surface area (Å²) >= 11 is 6.09. The van der Waals surface area contributed by atoms with Crippen LogP contribution in [-0.4, -0.2) is 59.3 Å².